The van der Waals surface area contributed by atoms with E-state index < -0.39 is 10.0 Å². The van der Waals surface area contributed by atoms with Crippen LogP contribution in [-0.4, -0.2) is 40.8 Å². The SMILES string of the molecule is COc1ccc(C)c2c1N(C(=O)c1ccc3c(c1)CCN3S(C)(=O)=O)CCC2. The molecule has 0 N–H and O–H groups in total. The zero-order valence-electron chi connectivity index (χ0n) is 16.4. The van der Waals surface area contributed by atoms with Gasteiger partial charge in [-0.1, -0.05) is 6.07 Å². The number of methoxy groups -OCH3 is 1. The minimum atomic E-state index is -3.30. The fraction of sp³-hybridized carbons (Fsp3) is 0.381. The summed E-state index contributed by atoms with van der Waals surface area (Å²) in [7, 11) is -1.68. The molecule has 2 aromatic rings. The molecule has 0 unspecified atom stereocenters. The molecule has 0 spiro atoms. The van der Waals surface area contributed by atoms with Crippen LogP contribution in [0.1, 0.15) is 33.5 Å². The quantitative estimate of drug-likeness (QED) is 0.795. The van der Waals surface area contributed by atoms with Crippen molar-refractivity contribution in [1.82, 2.24) is 0 Å². The Bertz CT molecular complexity index is 1060. The number of nitrogens with zero attached hydrogens (tertiary/aromatic N) is 2. The van der Waals surface area contributed by atoms with E-state index in [-0.39, 0.29) is 5.91 Å². The first-order valence-electron chi connectivity index (χ1n) is 9.40. The summed E-state index contributed by atoms with van der Waals surface area (Å²) in [5.74, 6) is 0.628. The van der Waals surface area contributed by atoms with Crippen LogP contribution in [0.3, 0.4) is 0 Å². The number of hydrogen-bond donors (Lipinski definition) is 0. The second kappa shape index (κ2) is 6.81. The summed E-state index contributed by atoms with van der Waals surface area (Å²) in [6.07, 6.45) is 3.65. The first kappa shape index (κ1) is 18.8. The highest BCUT2D eigenvalue weighted by Gasteiger charge is 2.30. The molecule has 0 radical (unpaired) electrons. The second-order valence-electron chi connectivity index (χ2n) is 7.40. The number of benzene rings is 2. The van der Waals surface area contributed by atoms with E-state index >= 15 is 0 Å². The molecule has 2 heterocycles. The van der Waals surface area contributed by atoms with Crippen LogP contribution in [0.15, 0.2) is 30.3 Å². The third-order valence-corrected chi connectivity index (χ3v) is 6.78. The maximum absolute atomic E-state index is 13.4. The molecule has 0 saturated heterocycles. The first-order valence-corrected chi connectivity index (χ1v) is 11.2. The van der Waals surface area contributed by atoms with E-state index in [1.165, 1.54) is 10.6 Å². The zero-order chi connectivity index (χ0) is 20.1. The van der Waals surface area contributed by atoms with Crippen molar-refractivity contribution in [1.29, 1.82) is 0 Å². The van der Waals surface area contributed by atoms with Gasteiger partial charge in [0.1, 0.15) is 5.75 Å². The zero-order valence-corrected chi connectivity index (χ0v) is 17.2. The molecule has 0 bridgehead atoms. The Morgan fingerprint density at radius 1 is 1.11 bits per heavy atom. The molecular weight excluding hydrogens is 376 g/mol. The van der Waals surface area contributed by atoms with Gasteiger partial charge >= 0.3 is 0 Å². The minimum absolute atomic E-state index is 0.0783. The van der Waals surface area contributed by atoms with Crippen LogP contribution in [0.25, 0.3) is 0 Å². The molecule has 148 valence electrons. The van der Waals surface area contributed by atoms with E-state index in [2.05, 4.69) is 6.92 Å². The van der Waals surface area contributed by atoms with Crippen LogP contribution in [0.5, 0.6) is 5.75 Å². The normalized spacial score (nSPS) is 16.0. The van der Waals surface area contributed by atoms with E-state index in [1.54, 1.807) is 24.1 Å². The lowest BCUT2D eigenvalue weighted by molar-refractivity contribution is 0.0984. The lowest BCUT2D eigenvalue weighted by Gasteiger charge is -2.32. The summed E-state index contributed by atoms with van der Waals surface area (Å²) < 4.78 is 30.8. The predicted octanol–water partition coefficient (Wildman–Crippen LogP) is 2.92. The molecule has 2 aliphatic heterocycles. The number of rotatable bonds is 3. The number of amides is 1. The smallest absolute Gasteiger partial charge is 0.258 e. The molecule has 2 aliphatic rings. The van der Waals surface area contributed by atoms with Crippen molar-refractivity contribution in [3.8, 4) is 5.75 Å². The molecule has 6 nitrogen and oxygen atoms in total. The summed E-state index contributed by atoms with van der Waals surface area (Å²) in [5, 5.41) is 0. The van der Waals surface area contributed by atoms with E-state index in [9.17, 15) is 13.2 Å². The van der Waals surface area contributed by atoms with E-state index in [0.29, 0.717) is 36.5 Å². The van der Waals surface area contributed by atoms with Gasteiger partial charge in [0.15, 0.2) is 0 Å². The molecule has 28 heavy (non-hydrogen) atoms. The number of carbonyl (C=O) groups is 1. The van der Waals surface area contributed by atoms with Crippen LogP contribution >= 0.6 is 0 Å². The summed E-state index contributed by atoms with van der Waals surface area (Å²) >= 11 is 0. The van der Waals surface area contributed by atoms with Gasteiger partial charge in [-0.05, 0) is 67.1 Å². The molecular formula is C21H24N2O4S. The molecule has 2 aromatic carbocycles. The van der Waals surface area contributed by atoms with Gasteiger partial charge in [-0.3, -0.25) is 9.10 Å². The monoisotopic (exact) mass is 400 g/mol. The molecule has 4 rings (SSSR count). The number of sulfonamides is 1. The molecule has 0 fully saturated rings. The summed E-state index contributed by atoms with van der Waals surface area (Å²) in [4.78, 5) is 15.2. The van der Waals surface area contributed by atoms with Gasteiger partial charge in [0.2, 0.25) is 10.0 Å². The molecule has 0 atom stereocenters. The largest absolute Gasteiger partial charge is 0.495 e. The summed E-state index contributed by atoms with van der Waals surface area (Å²) in [6.45, 7) is 3.12. The highest BCUT2D eigenvalue weighted by molar-refractivity contribution is 7.92. The maximum Gasteiger partial charge on any atom is 0.258 e. The first-order chi connectivity index (χ1) is 13.3. The van der Waals surface area contributed by atoms with Crippen LogP contribution in [0, 0.1) is 6.92 Å². The van der Waals surface area contributed by atoms with Gasteiger partial charge in [0.05, 0.1) is 24.7 Å². The minimum Gasteiger partial charge on any atom is -0.495 e. The van der Waals surface area contributed by atoms with Crippen molar-refractivity contribution in [3.63, 3.8) is 0 Å². The third-order valence-electron chi connectivity index (χ3n) is 5.60. The van der Waals surface area contributed by atoms with Crippen LogP contribution in [0.4, 0.5) is 11.4 Å². The lowest BCUT2D eigenvalue weighted by atomic mass is 9.95. The van der Waals surface area contributed by atoms with Gasteiger partial charge in [0.25, 0.3) is 5.91 Å². The van der Waals surface area contributed by atoms with Crippen molar-refractivity contribution in [2.45, 2.75) is 26.2 Å². The van der Waals surface area contributed by atoms with Gasteiger partial charge in [-0.25, -0.2) is 8.42 Å². The number of ether oxygens (including phenoxy) is 1. The summed E-state index contributed by atoms with van der Waals surface area (Å²) in [5.41, 5.74) is 5.31. The number of hydrogen-bond acceptors (Lipinski definition) is 4. The lowest BCUT2D eigenvalue weighted by Crippen LogP contribution is -2.36. The molecule has 0 aromatic heterocycles. The Morgan fingerprint density at radius 3 is 2.61 bits per heavy atom. The van der Waals surface area contributed by atoms with Gasteiger partial charge in [-0.2, -0.15) is 0 Å². The third kappa shape index (κ3) is 3.03. The van der Waals surface area contributed by atoms with Crippen molar-refractivity contribution < 1.29 is 17.9 Å². The Kier molecular flexibility index (Phi) is 4.57. The van der Waals surface area contributed by atoms with Crippen molar-refractivity contribution in [2.24, 2.45) is 0 Å². The number of fused-ring (bicyclic) bond motifs is 2. The highest BCUT2D eigenvalue weighted by atomic mass is 32.2. The maximum atomic E-state index is 13.4. The van der Waals surface area contributed by atoms with Crippen molar-refractivity contribution >= 4 is 27.3 Å². The molecule has 7 heteroatoms. The Labute approximate surface area is 165 Å². The van der Waals surface area contributed by atoms with Crippen LogP contribution in [-0.2, 0) is 22.9 Å². The fourth-order valence-electron chi connectivity index (χ4n) is 4.23. The number of aryl methyl sites for hydroxylation is 1. The standard InChI is InChI=1S/C21H24N2O4S/c1-14-6-9-19(27-2)20-17(14)5-4-11-22(20)21(24)16-7-8-18-15(13-16)10-12-23(18)28(3,25)26/h6-9,13H,4-5,10-12H2,1-3H3. The summed E-state index contributed by atoms with van der Waals surface area (Å²) in [6, 6.07) is 9.24. The van der Waals surface area contributed by atoms with Gasteiger partial charge in [-0.15, -0.1) is 0 Å². The van der Waals surface area contributed by atoms with E-state index in [0.717, 1.165) is 35.2 Å². The fourth-order valence-corrected chi connectivity index (χ4v) is 5.18. The average Bonchev–Trinajstić information content (AvgIpc) is 3.11. The number of carbonyl (C=O) groups excluding carboxylic acids is 1. The highest BCUT2D eigenvalue weighted by Crippen LogP contribution is 2.39. The Morgan fingerprint density at radius 2 is 1.89 bits per heavy atom. The Hall–Kier alpha value is -2.54. The topological polar surface area (TPSA) is 66.9 Å². The van der Waals surface area contributed by atoms with Crippen molar-refractivity contribution in [2.75, 3.05) is 35.7 Å². The van der Waals surface area contributed by atoms with Crippen LogP contribution in [0.2, 0.25) is 0 Å². The second-order valence-corrected chi connectivity index (χ2v) is 9.31. The van der Waals surface area contributed by atoms with Crippen molar-refractivity contribution in [3.05, 3.63) is 52.6 Å². The number of anilines is 2. The molecule has 0 aliphatic carbocycles. The Balaban J connectivity index is 1.72. The van der Waals surface area contributed by atoms with Crippen LogP contribution < -0.4 is 13.9 Å². The van der Waals surface area contributed by atoms with Gasteiger partial charge < -0.3 is 9.64 Å². The van der Waals surface area contributed by atoms with Gasteiger partial charge in [0, 0.05) is 18.7 Å². The molecule has 0 saturated carbocycles. The van der Waals surface area contributed by atoms with E-state index in [1.807, 2.05) is 18.2 Å². The average molecular weight is 401 g/mol. The molecule has 1 amide bonds. The van der Waals surface area contributed by atoms with E-state index in [4.69, 9.17) is 4.74 Å². The predicted molar refractivity (Wildman–Crippen MR) is 110 cm³/mol.